The number of anilines is 3. The number of aliphatic hydroxyl groups is 1. The summed E-state index contributed by atoms with van der Waals surface area (Å²) in [7, 11) is 2.15. The van der Waals surface area contributed by atoms with E-state index >= 15 is 0 Å². The van der Waals surface area contributed by atoms with E-state index in [0.29, 0.717) is 34.9 Å². The normalized spacial score (nSPS) is 19.6. The molecule has 1 aliphatic heterocycles. The lowest BCUT2D eigenvalue weighted by Gasteiger charge is -2.34. The van der Waals surface area contributed by atoms with Crippen molar-refractivity contribution in [1.82, 2.24) is 29.2 Å². The Hall–Kier alpha value is -4.02. The van der Waals surface area contributed by atoms with Crippen molar-refractivity contribution >= 4 is 28.4 Å². The topological polar surface area (TPSA) is 104 Å². The number of aryl methyl sites for hydroxylation is 1. The first-order valence-electron chi connectivity index (χ1n) is 13.0. The van der Waals surface area contributed by atoms with Crippen molar-refractivity contribution in [2.24, 2.45) is 0 Å². The predicted molar refractivity (Wildman–Crippen MR) is 148 cm³/mol. The van der Waals surface area contributed by atoms with Gasteiger partial charge in [-0.2, -0.15) is 4.98 Å². The molecule has 0 unspecified atom stereocenters. The summed E-state index contributed by atoms with van der Waals surface area (Å²) in [5.74, 6) is 0.892. The van der Waals surface area contributed by atoms with E-state index in [1.54, 1.807) is 28.6 Å². The molecule has 6 rings (SSSR count). The van der Waals surface area contributed by atoms with Crippen LogP contribution in [0.15, 0.2) is 60.0 Å². The smallest absolute Gasteiger partial charge is 0.278 e. The zero-order chi connectivity index (χ0) is 26.4. The highest BCUT2D eigenvalue weighted by molar-refractivity contribution is 5.77. The van der Waals surface area contributed by atoms with Gasteiger partial charge in [0.15, 0.2) is 11.5 Å². The maximum Gasteiger partial charge on any atom is 0.278 e. The van der Waals surface area contributed by atoms with Gasteiger partial charge >= 0.3 is 0 Å². The van der Waals surface area contributed by atoms with Gasteiger partial charge in [-0.15, -0.1) is 6.58 Å². The second-order valence-corrected chi connectivity index (χ2v) is 10.3. The van der Waals surface area contributed by atoms with Crippen molar-refractivity contribution in [1.29, 1.82) is 0 Å². The van der Waals surface area contributed by atoms with Crippen LogP contribution in [0.2, 0.25) is 0 Å². The number of nitrogens with one attached hydrogen (secondary N) is 1. The molecule has 2 aliphatic rings. The van der Waals surface area contributed by atoms with E-state index in [9.17, 15) is 9.90 Å². The lowest BCUT2D eigenvalue weighted by atomic mass is 10.0. The van der Waals surface area contributed by atoms with Crippen molar-refractivity contribution < 1.29 is 5.11 Å². The number of likely N-dealkylation sites (N-methyl/N-ethyl adjacent to an activating group) is 1. The Kier molecular flexibility index (Phi) is 6.00. The molecule has 4 aromatic rings. The van der Waals surface area contributed by atoms with E-state index in [0.717, 1.165) is 43.9 Å². The molecule has 1 atom stereocenters. The molecule has 4 heterocycles. The molecule has 38 heavy (non-hydrogen) atoms. The van der Waals surface area contributed by atoms with E-state index in [4.69, 9.17) is 9.97 Å². The van der Waals surface area contributed by atoms with Gasteiger partial charge < -0.3 is 20.2 Å². The number of hydrogen-bond acceptors (Lipinski definition) is 8. The fourth-order valence-electron chi connectivity index (χ4n) is 5.32. The number of fused-ring (bicyclic) bond motifs is 2. The summed E-state index contributed by atoms with van der Waals surface area (Å²) in [4.78, 5) is 31.9. The molecule has 2 N–H and O–H groups in total. The fourth-order valence-corrected chi connectivity index (χ4v) is 5.32. The zero-order valence-corrected chi connectivity index (χ0v) is 21.8. The monoisotopic (exact) mass is 512 g/mol. The number of allylic oxidation sites excluding steroid dienone is 1. The average Bonchev–Trinajstić information content (AvgIpc) is 3.37. The maximum absolute atomic E-state index is 13.3. The largest absolute Gasteiger partial charge is 0.384 e. The molecular weight excluding hydrogens is 480 g/mol. The molecule has 196 valence electrons. The minimum Gasteiger partial charge on any atom is -0.384 e. The van der Waals surface area contributed by atoms with E-state index in [1.165, 1.54) is 5.69 Å². The van der Waals surface area contributed by atoms with Crippen molar-refractivity contribution in [2.75, 3.05) is 43.4 Å². The molecule has 10 heteroatoms. The average molecular weight is 513 g/mol. The Morgan fingerprint density at radius 1 is 1.11 bits per heavy atom. The fraction of sp³-hybridized carbons (Fsp3) is 0.357. The second kappa shape index (κ2) is 9.38. The van der Waals surface area contributed by atoms with Gasteiger partial charge in [0.25, 0.3) is 5.56 Å². The van der Waals surface area contributed by atoms with Crippen LogP contribution in [0.5, 0.6) is 0 Å². The first kappa shape index (κ1) is 24.3. The zero-order valence-electron chi connectivity index (χ0n) is 21.8. The first-order valence-corrected chi connectivity index (χ1v) is 13.0. The molecule has 1 fully saturated rings. The van der Waals surface area contributed by atoms with Gasteiger partial charge in [-0.3, -0.25) is 4.79 Å². The van der Waals surface area contributed by atoms with Gasteiger partial charge in [0.1, 0.15) is 11.0 Å². The van der Waals surface area contributed by atoms with Crippen LogP contribution in [-0.2, 0) is 18.6 Å². The third kappa shape index (κ3) is 4.25. The summed E-state index contributed by atoms with van der Waals surface area (Å²) in [6.45, 7) is 9.99. The molecule has 0 bridgehead atoms. The summed E-state index contributed by atoms with van der Waals surface area (Å²) >= 11 is 0. The van der Waals surface area contributed by atoms with Gasteiger partial charge in [0.2, 0.25) is 5.95 Å². The first-order chi connectivity index (χ1) is 18.3. The standard InChI is InChI=1S/C28H32N8O2/c1-4-13-35-26(37)22-18-29-27(30-20-6-8-21(9-7-20)34-16-14-33(3)15-17-34)32-25(22)36(35)23-10-5-19-11-12-28(2,38)24(19)31-23/h4-10,18,38H,1,11-17H2,2-3H3,(H,29,30,32)/t28-/m0/s1. The minimum absolute atomic E-state index is 0.225. The van der Waals surface area contributed by atoms with Crippen molar-refractivity contribution in [3.8, 4) is 5.82 Å². The summed E-state index contributed by atoms with van der Waals surface area (Å²) in [6.07, 6.45) is 4.60. The quantitative estimate of drug-likeness (QED) is 0.380. The Bertz CT molecular complexity index is 1560. The maximum atomic E-state index is 13.3. The summed E-state index contributed by atoms with van der Waals surface area (Å²) in [5.41, 5.74) is 2.91. The van der Waals surface area contributed by atoms with E-state index in [-0.39, 0.29) is 12.1 Å². The second-order valence-electron chi connectivity index (χ2n) is 10.3. The number of piperazine rings is 1. The van der Waals surface area contributed by atoms with Crippen LogP contribution in [0.4, 0.5) is 17.3 Å². The highest BCUT2D eigenvalue weighted by Gasteiger charge is 2.34. The molecule has 3 aromatic heterocycles. The Balaban J connectivity index is 1.36. The van der Waals surface area contributed by atoms with Gasteiger partial charge in [-0.25, -0.2) is 19.3 Å². The Labute approximate surface area is 220 Å². The number of pyridine rings is 1. The summed E-state index contributed by atoms with van der Waals surface area (Å²) in [5, 5.41) is 14.5. The van der Waals surface area contributed by atoms with Crippen LogP contribution in [0.1, 0.15) is 24.6 Å². The predicted octanol–water partition coefficient (Wildman–Crippen LogP) is 2.81. The van der Waals surface area contributed by atoms with Crippen LogP contribution < -0.4 is 15.8 Å². The molecule has 0 spiro atoms. The Morgan fingerprint density at radius 3 is 2.61 bits per heavy atom. The summed E-state index contributed by atoms with van der Waals surface area (Å²) < 4.78 is 3.23. The molecule has 1 aliphatic carbocycles. The van der Waals surface area contributed by atoms with E-state index in [2.05, 4.69) is 45.9 Å². The van der Waals surface area contributed by atoms with Crippen molar-refractivity contribution in [2.45, 2.75) is 31.9 Å². The summed E-state index contributed by atoms with van der Waals surface area (Å²) in [6, 6.07) is 12.1. The third-order valence-electron chi connectivity index (χ3n) is 7.54. The van der Waals surface area contributed by atoms with Gasteiger partial charge in [0.05, 0.1) is 12.2 Å². The minimum atomic E-state index is -1.00. The van der Waals surface area contributed by atoms with E-state index in [1.807, 2.05) is 24.3 Å². The van der Waals surface area contributed by atoms with Crippen LogP contribution in [-0.4, -0.2) is 67.5 Å². The van der Waals surface area contributed by atoms with Gasteiger partial charge in [0, 0.05) is 43.8 Å². The van der Waals surface area contributed by atoms with Crippen molar-refractivity contribution in [3.05, 3.63) is 76.9 Å². The number of rotatable bonds is 6. The lowest BCUT2D eigenvalue weighted by Crippen LogP contribution is -2.44. The molecule has 0 amide bonds. The highest BCUT2D eigenvalue weighted by Crippen LogP contribution is 2.35. The van der Waals surface area contributed by atoms with E-state index < -0.39 is 5.60 Å². The third-order valence-corrected chi connectivity index (χ3v) is 7.54. The number of nitrogens with zero attached hydrogens (tertiary/aromatic N) is 7. The molecule has 0 radical (unpaired) electrons. The number of aromatic nitrogens is 5. The number of hydrogen-bond donors (Lipinski definition) is 2. The van der Waals surface area contributed by atoms with Crippen LogP contribution in [0.3, 0.4) is 0 Å². The SMILES string of the molecule is C=CCn1c(=O)c2cnc(Nc3ccc(N4CCN(C)CC4)cc3)nc2n1-c1ccc2c(n1)[C@@](C)(O)CC2. The highest BCUT2D eigenvalue weighted by atomic mass is 16.3. The van der Waals surface area contributed by atoms with Crippen LogP contribution >= 0.6 is 0 Å². The lowest BCUT2D eigenvalue weighted by molar-refractivity contribution is 0.0553. The van der Waals surface area contributed by atoms with Gasteiger partial charge in [-0.05, 0) is 62.7 Å². The Morgan fingerprint density at radius 2 is 1.87 bits per heavy atom. The molecule has 1 saturated heterocycles. The molecular formula is C28H32N8O2. The van der Waals surface area contributed by atoms with Gasteiger partial charge in [-0.1, -0.05) is 12.1 Å². The van der Waals surface area contributed by atoms with Crippen molar-refractivity contribution in [3.63, 3.8) is 0 Å². The molecule has 10 nitrogen and oxygen atoms in total. The number of benzene rings is 1. The van der Waals surface area contributed by atoms with Crippen LogP contribution in [0.25, 0.3) is 16.9 Å². The van der Waals surface area contributed by atoms with Crippen LogP contribution in [0, 0.1) is 0 Å². The molecule has 1 aromatic carbocycles. The molecule has 0 saturated carbocycles.